The molecule has 1 aromatic carbocycles. The summed E-state index contributed by atoms with van der Waals surface area (Å²) < 4.78 is 51.2. The van der Waals surface area contributed by atoms with Gasteiger partial charge < -0.3 is 43.6 Å². The number of carbonyl (C=O) groups is 4. The van der Waals surface area contributed by atoms with Crippen LogP contribution in [-0.2, 0) is 38.6 Å². The van der Waals surface area contributed by atoms with E-state index in [1.165, 1.54) is 9.47 Å². The molecule has 2 aliphatic heterocycles. The second kappa shape index (κ2) is 14.2. The lowest BCUT2D eigenvalue weighted by Crippen LogP contribution is -2.49. The maximum absolute atomic E-state index is 14.1. The second-order valence-electron chi connectivity index (χ2n) is 10.4. The van der Waals surface area contributed by atoms with Crippen LogP contribution in [0.15, 0.2) is 47.9 Å². The Hall–Kier alpha value is -5.32. The number of hydrogen-bond acceptors (Lipinski definition) is 10. The van der Waals surface area contributed by atoms with Gasteiger partial charge in [-0.1, -0.05) is 6.07 Å². The molecule has 1 fully saturated rings. The van der Waals surface area contributed by atoms with Crippen LogP contribution >= 0.6 is 0 Å². The molecule has 2 unspecified atom stereocenters. The summed E-state index contributed by atoms with van der Waals surface area (Å²) in [6.45, 7) is 1.10. The number of benzene rings is 1. The van der Waals surface area contributed by atoms with Gasteiger partial charge in [0.15, 0.2) is 18.5 Å². The van der Waals surface area contributed by atoms with Gasteiger partial charge in [-0.2, -0.15) is 0 Å². The topological polar surface area (TPSA) is 172 Å². The Morgan fingerprint density at radius 2 is 1.98 bits per heavy atom. The molecule has 0 saturated carbocycles. The molecule has 244 valence electrons. The predicted octanol–water partition coefficient (Wildman–Crippen LogP) is 1.15. The Morgan fingerprint density at radius 3 is 2.74 bits per heavy atom. The molecule has 1 saturated heterocycles. The Bertz CT molecular complexity index is 1680. The summed E-state index contributed by atoms with van der Waals surface area (Å²) in [6, 6.07) is 2.51. The van der Waals surface area contributed by atoms with Crippen LogP contribution < -0.4 is 20.8 Å². The predicted molar refractivity (Wildman–Crippen MR) is 151 cm³/mol. The molecule has 3 amide bonds. The van der Waals surface area contributed by atoms with Crippen molar-refractivity contribution in [2.75, 3.05) is 26.6 Å². The van der Waals surface area contributed by atoms with E-state index in [0.29, 0.717) is 25.6 Å². The van der Waals surface area contributed by atoms with Gasteiger partial charge in [0.05, 0.1) is 25.5 Å². The summed E-state index contributed by atoms with van der Waals surface area (Å²) in [4.78, 5) is 69.4. The van der Waals surface area contributed by atoms with Crippen LogP contribution in [-0.4, -0.2) is 81.7 Å². The van der Waals surface area contributed by atoms with E-state index in [1.54, 1.807) is 25.6 Å². The largest absolute Gasteiger partial charge is 0.511 e. The minimum Gasteiger partial charge on any atom is -0.451 e. The zero-order valence-corrected chi connectivity index (χ0v) is 24.6. The SMILES string of the molecule is CC1COC2Cn3cc(C(=O)NCc4ccc(F)cc4F)c(=O)c(OCOC(=O)OCC(=O)NCCCn4ccnc4)c3C(=O)N12. The van der Waals surface area contributed by atoms with E-state index >= 15 is 0 Å². The van der Waals surface area contributed by atoms with Gasteiger partial charge in [-0.3, -0.25) is 19.2 Å². The highest BCUT2D eigenvalue weighted by Crippen LogP contribution is 2.30. The summed E-state index contributed by atoms with van der Waals surface area (Å²) in [5.41, 5.74) is -1.69. The Balaban J connectivity index is 1.23. The molecule has 2 atom stereocenters. The van der Waals surface area contributed by atoms with Crippen LogP contribution in [0.1, 0.15) is 39.8 Å². The molecule has 15 nitrogen and oxygen atoms in total. The summed E-state index contributed by atoms with van der Waals surface area (Å²) in [5.74, 6) is -4.38. The maximum Gasteiger partial charge on any atom is 0.511 e. The molecule has 46 heavy (non-hydrogen) atoms. The van der Waals surface area contributed by atoms with Crippen molar-refractivity contribution in [1.29, 1.82) is 0 Å². The van der Waals surface area contributed by atoms with Gasteiger partial charge in [-0.25, -0.2) is 18.6 Å². The van der Waals surface area contributed by atoms with Crippen molar-refractivity contribution in [1.82, 2.24) is 29.7 Å². The first-order valence-corrected chi connectivity index (χ1v) is 14.2. The van der Waals surface area contributed by atoms with Gasteiger partial charge in [-0.15, -0.1) is 0 Å². The van der Waals surface area contributed by atoms with Crippen molar-refractivity contribution in [2.24, 2.45) is 0 Å². The number of aromatic nitrogens is 3. The van der Waals surface area contributed by atoms with Crippen molar-refractivity contribution >= 4 is 23.9 Å². The monoisotopic (exact) mass is 644 g/mol. The average Bonchev–Trinajstić information content (AvgIpc) is 3.68. The lowest BCUT2D eigenvalue weighted by atomic mass is 10.1. The molecule has 0 bridgehead atoms. The number of hydrogen-bond donors (Lipinski definition) is 2. The first-order chi connectivity index (χ1) is 22.1. The van der Waals surface area contributed by atoms with E-state index in [4.69, 9.17) is 18.9 Å². The number of carbonyl (C=O) groups excluding carboxylic acids is 4. The summed E-state index contributed by atoms with van der Waals surface area (Å²) in [5, 5.41) is 4.98. The first kappa shape index (κ1) is 32.1. The van der Waals surface area contributed by atoms with E-state index in [9.17, 15) is 32.8 Å². The zero-order chi connectivity index (χ0) is 32.8. The van der Waals surface area contributed by atoms with Gasteiger partial charge in [0, 0.05) is 49.9 Å². The quantitative estimate of drug-likeness (QED) is 0.166. The van der Waals surface area contributed by atoms with Crippen molar-refractivity contribution < 1.29 is 46.9 Å². The molecule has 4 heterocycles. The second-order valence-corrected chi connectivity index (χ2v) is 10.4. The van der Waals surface area contributed by atoms with Crippen molar-refractivity contribution in [3.8, 4) is 5.75 Å². The van der Waals surface area contributed by atoms with Crippen LogP contribution in [0.5, 0.6) is 5.75 Å². The molecular formula is C29H30F2N6O9. The highest BCUT2D eigenvalue weighted by atomic mass is 19.1. The number of amides is 3. The third-order valence-corrected chi connectivity index (χ3v) is 7.22. The third kappa shape index (κ3) is 7.31. The number of fused-ring (bicyclic) bond motifs is 2. The highest BCUT2D eigenvalue weighted by Gasteiger charge is 2.43. The summed E-state index contributed by atoms with van der Waals surface area (Å²) in [6.07, 6.45) is 4.88. The average molecular weight is 645 g/mol. The van der Waals surface area contributed by atoms with Gasteiger partial charge in [-0.05, 0) is 19.4 Å². The smallest absolute Gasteiger partial charge is 0.451 e. The van der Waals surface area contributed by atoms with Crippen LogP contribution in [0, 0.1) is 11.6 Å². The third-order valence-electron chi connectivity index (χ3n) is 7.22. The van der Waals surface area contributed by atoms with Crippen LogP contribution in [0.3, 0.4) is 0 Å². The van der Waals surface area contributed by atoms with Gasteiger partial charge in [0.25, 0.3) is 17.7 Å². The van der Waals surface area contributed by atoms with E-state index in [-0.39, 0.29) is 37.0 Å². The maximum atomic E-state index is 14.1. The minimum absolute atomic E-state index is 0.0291. The molecule has 2 aliphatic rings. The van der Waals surface area contributed by atoms with E-state index in [2.05, 4.69) is 15.6 Å². The lowest BCUT2D eigenvalue weighted by molar-refractivity contribution is -0.125. The zero-order valence-electron chi connectivity index (χ0n) is 24.6. The van der Waals surface area contributed by atoms with Gasteiger partial charge in [0.1, 0.15) is 17.2 Å². The Kier molecular flexibility index (Phi) is 9.90. The molecule has 3 aromatic rings. The fraction of sp³-hybridized carbons (Fsp3) is 0.379. The molecule has 2 aromatic heterocycles. The number of aryl methyl sites for hydroxylation is 1. The van der Waals surface area contributed by atoms with Crippen molar-refractivity contribution in [3.05, 3.63) is 81.8 Å². The van der Waals surface area contributed by atoms with E-state index in [0.717, 1.165) is 18.3 Å². The Labute approximate surface area is 260 Å². The number of pyridine rings is 1. The normalized spacial score (nSPS) is 16.8. The number of rotatable bonds is 12. The van der Waals surface area contributed by atoms with Crippen molar-refractivity contribution in [3.63, 3.8) is 0 Å². The molecule has 17 heteroatoms. The Morgan fingerprint density at radius 1 is 1.15 bits per heavy atom. The number of ether oxygens (including phenoxy) is 4. The molecule has 5 rings (SSSR count). The standard InChI is InChI=1S/C29H30F2N6O9/c1-17-13-43-23-12-36-11-20(27(40)34-10-18-3-4-19(30)9-21(18)31)25(39)26(24(36)28(41)37(17)23)45-16-46-29(42)44-14-22(38)33-5-2-7-35-8-6-32-15-35/h3-4,6,8-9,11,15,17,23H,2,5,7,10,12-14,16H2,1H3,(H,33,38)(H,34,40). The minimum atomic E-state index is -1.29. The molecule has 2 N–H and O–H groups in total. The fourth-order valence-corrected chi connectivity index (χ4v) is 4.95. The highest BCUT2D eigenvalue weighted by molar-refractivity contribution is 5.99. The molecular weight excluding hydrogens is 614 g/mol. The number of nitrogens with zero attached hydrogens (tertiary/aromatic N) is 4. The van der Waals surface area contributed by atoms with E-state index in [1.807, 2.05) is 4.57 Å². The number of nitrogens with one attached hydrogen (secondary N) is 2. The molecule has 0 aliphatic carbocycles. The van der Waals surface area contributed by atoms with E-state index < -0.39 is 71.9 Å². The van der Waals surface area contributed by atoms with Gasteiger partial charge >= 0.3 is 6.16 Å². The van der Waals surface area contributed by atoms with Crippen LogP contribution in [0.4, 0.5) is 13.6 Å². The van der Waals surface area contributed by atoms with Crippen LogP contribution in [0.2, 0.25) is 0 Å². The van der Waals surface area contributed by atoms with Crippen LogP contribution in [0.25, 0.3) is 0 Å². The molecule has 0 spiro atoms. The first-order valence-electron chi connectivity index (χ1n) is 14.2. The number of halogens is 2. The summed E-state index contributed by atoms with van der Waals surface area (Å²) in [7, 11) is 0. The molecule has 0 radical (unpaired) electrons. The van der Waals surface area contributed by atoms with Crippen molar-refractivity contribution in [2.45, 2.75) is 45.2 Å². The lowest BCUT2D eigenvalue weighted by Gasteiger charge is -2.34. The van der Waals surface area contributed by atoms with Gasteiger partial charge in [0.2, 0.25) is 18.0 Å². The fourth-order valence-electron chi connectivity index (χ4n) is 4.95. The summed E-state index contributed by atoms with van der Waals surface area (Å²) >= 11 is 0. The number of imidazole rings is 1.